The standard InChI is InChI=1S/C12H18N2OS/c1-3-6-14-12(15)8-16-11-5-4-10(13)7-9(11)2/h4-5,7H,3,6,8,13H2,1-2H3,(H,14,15). The fourth-order valence-electron chi connectivity index (χ4n) is 1.29. The molecule has 3 nitrogen and oxygen atoms in total. The zero-order valence-electron chi connectivity index (χ0n) is 9.75. The number of aryl methyl sites for hydroxylation is 1. The summed E-state index contributed by atoms with van der Waals surface area (Å²) in [5.74, 6) is 0.549. The van der Waals surface area contributed by atoms with Gasteiger partial charge in [-0.15, -0.1) is 11.8 Å². The lowest BCUT2D eigenvalue weighted by molar-refractivity contribution is -0.118. The maximum atomic E-state index is 11.4. The first-order valence-electron chi connectivity index (χ1n) is 5.39. The van der Waals surface area contributed by atoms with Crippen molar-refractivity contribution in [3.63, 3.8) is 0 Å². The summed E-state index contributed by atoms with van der Waals surface area (Å²) in [6.07, 6.45) is 0.970. The molecule has 1 aromatic carbocycles. The molecule has 0 radical (unpaired) electrons. The van der Waals surface area contributed by atoms with E-state index in [4.69, 9.17) is 5.73 Å². The summed E-state index contributed by atoms with van der Waals surface area (Å²) in [6.45, 7) is 4.79. The summed E-state index contributed by atoms with van der Waals surface area (Å²) in [4.78, 5) is 12.5. The van der Waals surface area contributed by atoms with Gasteiger partial charge in [-0.25, -0.2) is 0 Å². The second-order valence-corrected chi connectivity index (χ2v) is 4.68. The van der Waals surface area contributed by atoms with Crippen LogP contribution in [0, 0.1) is 6.92 Å². The number of hydrogen-bond acceptors (Lipinski definition) is 3. The molecule has 3 N–H and O–H groups in total. The predicted octanol–water partition coefficient (Wildman–Crippen LogP) is 2.20. The predicted molar refractivity (Wildman–Crippen MR) is 69.6 cm³/mol. The third-order valence-electron chi connectivity index (χ3n) is 2.13. The van der Waals surface area contributed by atoms with E-state index in [1.165, 1.54) is 0 Å². The van der Waals surface area contributed by atoms with Gasteiger partial charge in [0.1, 0.15) is 0 Å². The Labute approximate surface area is 101 Å². The highest BCUT2D eigenvalue weighted by Gasteiger charge is 2.04. The van der Waals surface area contributed by atoms with Gasteiger partial charge in [0.2, 0.25) is 5.91 Å². The first-order valence-corrected chi connectivity index (χ1v) is 6.37. The molecule has 0 aromatic heterocycles. The largest absolute Gasteiger partial charge is 0.399 e. The van der Waals surface area contributed by atoms with Crippen LogP contribution in [0.2, 0.25) is 0 Å². The number of hydrogen-bond donors (Lipinski definition) is 2. The lowest BCUT2D eigenvalue weighted by atomic mass is 10.2. The number of benzene rings is 1. The van der Waals surface area contributed by atoms with E-state index in [1.54, 1.807) is 11.8 Å². The number of nitrogen functional groups attached to an aromatic ring is 1. The molecule has 0 atom stereocenters. The minimum Gasteiger partial charge on any atom is -0.399 e. The average Bonchev–Trinajstić information content (AvgIpc) is 2.25. The third-order valence-corrected chi connectivity index (χ3v) is 3.31. The molecule has 0 fully saturated rings. The second kappa shape index (κ2) is 6.43. The van der Waals surface area contributed by atoms with Crippen molar-refractivity contribution >= 4 is 23.4 Å². The summed E-state index contributed by atoms with van der Waals surface area (Å²) in [5, 5.41) is 2.85. The van der Waals surface area contributed by atoms with Crippen LogP contribution in [0.5, 0.6) is 0 Å². The van der Waals surface area contributed by atoms with Crippen LogP contribution in [0.1, 0.15) is 18.9 Å². The number of anilines is 1. The van der Waals surface area contributed by atoms with E-state index in [2.05, 4.69) is 5.32 Å². The van der Waals surface area contributed by atoms with Gasteiger partial charge in [-0.1, -0.05) is 6.92 Å². The van der Waals surface area contributed by atoms with E-state index in [-0.39, 0.29) is 5.91 Å². The summed E-state index contributed by atoms with van der Waals surface area (Å²) in [5.41, 5.74) is 7.54. The molecule has 0 aliphatic rings. The van der Waals surface area contributed by atoms with Gasteiger partial charge in [-0.05, 0) is 37.1 Å². The quantitative estimate of drug-likeness (QED) is 0.611. The molecule has 0 bridgehead atoms. The van der Waals surface area contributed by atoms with Crippen LogP contribution in [-0.2, 0) is 4.79 Å². The maximum Gasteiger partial charge on any atom is 0.230 e. The zero-order chi connectivity index (χ0) is 12.0. The first-order chi connectivity index (χ1) is 7.63. The number of carbonyl (C=O) groups is 1. The molecule has 0 aliphatic carbocycles. The van der Waals surface area contributed by atoms with Crippen LogP contribution in [-0.4, -0.2) is 18.2 Å². The number of nitrogens with two attached hydrogens (primary N) is 1. The highest BCUT2D eigenvalue weighted by Crippen LogP contribution is 2.23. The molecule has 0 aliphatic heterocycles. The smallest absolute Gasteiger partial charge is 0.230 e. The normalized spacial score (nSPS) is 10.1. The van der Waals surface area contributed by atoms with Gasteiger partial charge < -0.3 is 11.1 Å². The van der Waals surface area contributed by atoms with Crippen LogP contribution < -0.4 is 11.1 Å². The average molecular weight is 238 g/mol. The van der Waals surface area contributed by atoms with Gasteiger partial charge in [0.05, 0.1) is 5.75 Å². The highest BCUT2D eigenvalue weighted by molar-refractivity contribution is 8.00. The second-order valence-electron chi connectivity index (χ2n) is 3.66. The SMILES string of the molecule is CCCNC(=O)CSc1ccc(N)cc1C. The van der Waals surface area contributed by atoms with Crippen LogP contribution in [0.25, 0.3) is 0 Å². The maximum absolute atomic E-state index is 11.4. The van der Waals surface area contributed by atoms with Crippen molar-refractivity contribution in [3.05, 3.63) is 23.8 Å². The van der Waals surface area contributed by atoms with E-state index >= 15 is 0 Å². The van der Waals surface area contributed by atoms with Crippen molar-refractivity contribution in [3.8, 4) is 0 Å². The molecule has 0 spiro atoms. The summed E-state index contributed by atoms with van der Waals surface area (Å²) >= 11 is 1.55. The molecule has 88 valence electrons. The van der Waals surface area contributed by atoms with Crippen molar-refractivity contribution < 1.29 is 4.79 Å². The van der Waals surface area contributed by atoms with Gasteiger partial charge >= 0.3 is 0 Å². The Morgan fingerprint density at radius 3 is 2.88 bits per heavy atom. The summed E-state index contributed by atoms with van der Waals surface area (Å²) in [6, 6.07) is 5.74. The van der Waals surface area contributed by atoms with Gasteiger partial charge in [0.25, 0.3) is 0 Å². The minimum absolute atomic E-state index is 0.0862. The van der Waals surface area contributed by atoms with Gasteiger partial charge in [-0.2, -0.15) is 0 Å². The monoisotopic (exact) mass is 238 g/mol. The Morgan fingerprint density at radius 1 is 1.50 bits per heavy atom. The lowest BCUT2D eigenvalue weighted by Gasteiger charge is -2.06. The van der Waals surface area contributed by atoms with E-state index < -0.39 is 0 Å². The van der Waals surface area contributed by atoms with Crippen LogP contribution in [0.4, 0.5) is 5.69 Å². The van der Waals surface area contributed by atoms with Crippen LogP contribution >= 0.6 is 11.8 Å². The first kappa shape index (κ1) is 12.9. The third kappa shape index (κ3) is 4.14. The number of rotatable bonds is 5. The Morgan fingerprint density at radius 2 is 2.25 bits per heavy atom. The molecule has 1 rings (SSSR count). The van der Waals surface area contributed by atoms with E-state index in [9.17, 15) is 4.79 Å². The molecule has 0 saturated carbocycles. The van der Waals surface area contributed by atoms with Gasteiger partial charge in [-0.3, -0.25) is 4.79 Å². The topological polar surface area (TPSA) is 55.1 Å². The van der Waals surface area contributed by atoms with E-state index in [1.807, 2.05) is 32.0 Å². The molecule has 1 amide bonds. The van der Waals surface area contributed by atoms with E-state index in [0.717, 1.165) is 29.1 Å². The van der Waals surface area contributed by atoms with Crippen LogP contribution in [0.15, 0.2) is 23.1 Å². The Balaban J connectivity index is 2.45. The summed E-state index contributed by atoms with van der Waals surface area (Å²) in [7, 11) is 0. The molecule has 0 heterocycles. The lowest BCUT2D eigenvalue weighted by Crippen LogP contribution is -2.25. The van der Waals surface area contributed by atoms with Crippen molar-refractivity contribution in [2.45, 2.75) is 25.2 Å². The summed E-state index contributed by atoms with van der Waals surface area (Å²) < 4.78 is 0. The van der Waals surface area contributed by atoms with Crippen molar-refractivity contribution in [2.75, 3.05) is 18.0 Å². The molecular formula is C12H18N2OS. The molecule has 0 unspecified atom stereocenters. The number of carbonyl (C=O) groups excluding carboxylic acids is 1. The Hall–Kier alpha value is -1.16. The van der Waals surface area contributed by atoms with Crippen molar-refractivity contribution in [1.82, 2.24) is 5.32 Å². The molecular weight excluding hydrogens is 220 g/mol. The molecule has 16 heavy (non-hydrogen) atoms. The number of amides is 1. The molecule has 1 aromatic rings. The fraction of sp³-hybridized carbons (Fsp3) is 0.417. The Kier molecular flexibility index (Phi) is 5.19. The highest BCUT2D eigenvalue weighted by atomic mass is 32.2. The number of nitrogens with one attached hydrogen (secondary N) is 1. The van der Waals surface area contributed by atoms with Crippen molar-refractivity contribution in [2.24, 2.45) is 0 Å². The zero-order valence-corrected chi connectivity index (χ0v) is 10.6. The van der Waals surface area contributed by atoms with Gasteiger partial charge in [0.15, 0.2) is 0 Å². The fourth-order valence-corrected chi connectivity index (χ4v) is 2.13. The Bertz CT molecular complexity index is 366. The molecule has 4 heteroatoms. The minimum atomic E-state index is 0.0862. The van der Waals surface area contributed by atoms with E-state index in [0.29, 0.717) is 5.75 Å². The molecule has 0 saturated heterocycles. The van der Waals surface area contributed by atoms with Crippen molar-refractivity contribution in [1.29, 1.82) is 0 Å². The van der Waals surface area contributed by atoms with Gasteiger partial charge in [0, 0.05) is 17.1 Å². The van der Waals surface area contributed by atoms with Crippen LogP contribution in [0.3, 0.4) is 0 Å². The number of thioether (sulfide) groups is 1.